The molecule has 41 valence electrons. The van der Waals surface area contributed by atoms with E-state index in [1.165, 1.54) is 6.08 Å². The summed E-state index contributed by atoms with van der Waals surface area (Å²) in [6.45, 7) is 8.96. The smallest absolute Gasteiger partial charge is 0.0805 e. The van der Waals surface area contributed by atoms with E-state index in [2.05, 4.69) is 0 Å². The van der Waals surface area contributed by atoms with Crippen molar-refractivity contribution >= 4 is 0 Å². The fourth-order valence-corrected chi connectivity index (χ4v) is 0.0680. The van der Waals surface area contributed by atoms with E-state index in [-0.39, 0.29) is 5.60 Å². The molecule has 1 heteroatoms. The maximum absolute atomic E-state index is 5.17. The van der Waals surface area contributed by atoms with Gasteiger partial charge in [0.1, 0.15) is 0 Å². The van der Waals surface area contributed by atoms with Crippen LogP contribution in [0.2, 0.25) is 0 Å². The molecule has 0 aromatic rings. The molecule has 0 fully saturated rings. The van der Waals surface area contributed by atoms with Gasteiger partial charge >= 0.3 is 0 Å². The Morgan fingerprint density at radius 3 is 2.00 bits per heavy atom. The molecule has 1 nitrogen and oxygen atoms in total. The van der Waals surface area contributed by atoms with Crippen molar-refractivity contribution in [1.82, 2.24) is 0 Å². The van der Waals surface area contributed by atoms with E-state index in [0.29, 0.717) is 0 Å². The van der Waals surface area contributed by atoms with Gasteiger partial charge in [-0.2, -0.15) is 0 Å². The van der Waals surface area contributed by atoms with Crippen LogP contribution in [0.25, 0.3) is 0 Å². The summed E-state index contributed by atoms with van der Waals surface area (Å²) in [5.41, 5.74) is -0.264. The summed E-state index contributed by atoms with van der Waals surface area (Å²) in [5.74, 6) is 0. The van der Waals surface area contributed by atoms with Gasteiger partial charge in [-0.05, 0) is 13.8 Å². The SMILES string of the molecule is [CH]=CC(C)(C)OC. The third kappa shape index (κ3) is 2.40. The van der Waals surface area contributed by atoms with E-state index in [1.54, 1.807) is 7.11 Å². The van der Waals surface area contributed by atoms with Gasteiger partial charge in [-0.3, -0.25) is 0 Å². The minimum Gasteiger partial charge on any atom is -0.375 e. The standard InChI is InChI=1S/C6H11O/c1-5-6(2,3)7-4/h1,5H,2-4H3. The molecule has 0 rings (SSSR count). The molecular weight excluding hydrogens is 88.1 g/mol. The summed E-state index contributed by atoms with van der Waals surface area (Å²) in [7, 11) is 1.63. The molecule has 0 aromatic carbocycles. The third-order valence-electron chi connectivity index (χ3n) is 0.927. The third-order valence-corrected chi connectivity index (χ3v) is 0.927. The second kappa shape index (κ2) is 2.12. The summed E-state index contributed by atoms with van der Waals surface area (Å²) in [4.78, 5) is 0. The predicted molar refractivity (Wildman–Crippen MR) is 30.0 cm³/mol. The summed E-state index contributed by atoms with van der Waals surface area (Å²) < 4.78 is 4.91. The Labute approximate surface area is 45.0 Å². The summed E-state index contributed by atoms with van der Waals surface area (Å²) >= 11 is 0. The van der Waals surface area contributed by atoms with Crippen LogP contribution in [0, 0.1) is 6.58 Å². The second-order valence-electron chi connectivity index (χ2n) is 1.97. The first-order valence-corrected chi connectivity index (χ1v) is 2.23. The minimum absolute atomic E-state index is 0.264. The monoisotopic (exact) mass is 99.1 g/mol. The molecule has 0 N–H and O–H groups in total. The fourth-order valence-electron chi connectivity index (χ4n) is 0.0680. The van der Waals surface area contributed by atoms with Crippen molar-refractivity contribution in [1.29, 1.82) is 0 Å². The molecule has 0 aromatic heterocycles. The van der Waals surface area contributed by atoms with Crippen molar-refractivity contribution in [3.8, 4) is 0 Å². The molecular formula is C6H11O. The Balaban J connectivity index is 3.58. The number of rotatable bonds is 2. The van der Waals surface area contributed by atoms with Gasteiger partial charge in [0.05, 0.1) is 5.60 Å². The lowest BCUT2D eigenvalue weighted by molar-refractivity contribution is 0.0656. The summed E-state index contributed by atoms with van der Waals surface area (Å²) in [5, 5.41) is 0. The number of methoxy groups -OCH3 is 1. The normalized spacial score (nSPS) is 11.3. The molecule has 0 amide bonds. The lowest BCUT2D eigenvalue weighted by atomic mass is 10.1. The average Bonchev–Trinajstić information content (AvgIpc) is 1.68. The van der Waals surface area contributed by atoms with Gasteiger partial charge in [0, 0.05) is 7.11 Å². The Bertz CT molecular complexity index is 64.6. The molecule has 0 heterocycles. The van der Waals surface area contributed by atoms with E-state index in [1.807, 2.05) is 13.8 Å². The lowest BCUT2D eigenvalue weighted by Crippen LogP contribution is -2.17. The zero-order valence-electron chi connectivity index (χ0n) is 5.06. The molecule has 1 radical (unpaired) electrons. The molecule has 0 saturated heterocycles. The van der Waals surface area contributed by atoms with Gasteiger partial charge < -0.3 is 4.74 Å². The van der Waals surface area contributed by atoms with Gasteiger partial charge in [0.2, 0.25) is 0 Å². The maximum Gasteiger partial charge on any atom is 0.0805 e. The Kier molecular flexibility index (Phi) is 2.03. The number of ether oxygens (including phenoxy) is 1. The molecule has 7 heavy (non-hydrogen) atoms. The first kappa shape index (κ1) is 6.70. The van der Waals surface area contributed by atoms with Crippen molar-refractivity contribution in [2.75, 3.05) is 7.11 Å². The molecule has 0 aliphatic carbocycles. The van der Waals surface area contributed by atoms with Crippen molar-refractivity contribution in [3.63, 3.8) is 0 Å². The van der Waals surface area contributed by atoms with Crippen LogP contribution >= 0.6 is 0 Å². The topological polar surface area (TPSA) is 9.23 Å². The fraction of sp³-hybridized carbons (Fsp3) is 0.667. The Morgan fingerprint density at radius 1 is 1.57 bits per heavy atom. The molecule has 0 bridgehead atoms. The van der Waals surface area contributed by atoms with Gasteiger partial charge in [0.15, 0.2) is 0 Å². The summed E-state index contributed by atoms with van der Waals surface area (Å²) in [6.07, 6.45) is 1.52. The Morgan fingerprint density at radius 2 is 2.00 bits per heavy atom. The largest absolute Gasteiger partial charge is 0.375 e. The zero-order chi connectivity index (χ0) is 5.91. The average molecular weight is 99.2 g/mol. The molecule has 0 saturated carbocycles. The second-order valence-corrected chi connectivity index (χ2v) is 1.97. The van der Waals surface area contributed by atoms with Crippen molar-refractivity contribution in [2.24, 2.45) is 0 Å². The van der Waals surface area contributed by atoms with Gasteiger partial charge in [0.25, 0.3) is 0 Å². The van der Waals surface area contributed by atoms with E-state index in [9.17, 15) is 0 Å². The van der Waals surface area contributed by atoms with Crippen LogP contribution in [0.5, 0.6) is 0 Å². The minimum atomic E-state index is -0.264. The lowest BCUT2D eigenvalue weighted by Gasteiger charge is -2.15. The van der Waals surface area contributed by atoms with E-state index in [4.69, 9.17) is 11.3 Å². The van der Waals surface area contributed by atoms with Gasteiger partial charge in [-0.1, -0.05) is 12.7 Å². The molecule has 0 spiro atoms. The van der Waals surface area contributed by atoms with Crippen LogP contribution in [0.1, 0.15) is 13.8 Å². The maximum atomic E-state index is 5.17. The van der Waals surface area contributed by atoms with E-state index >= 15 is 0 Å². The van der Waals surface area contributed by atoms with E-state index < -0.39 is 0 Å². The van der Waals surface area contributed by atoms with Crippen LogP contribution in [-0.2, 0) is 4.74 Å². The highest BCUT2D eigenvalue weighted by Crippen LogP contribution is 2.05. The van der Waals surface area contributed by atoms with Crippen molar-refractivity contribution < 1.29 is 4.74 Å². The Hall–Kier alpha value is -0.300. The first-order valence-electron chi connectivity index (χ1n) is 2.23. The first-order chi connectivity index (χ1) is 3.12. The quantitative estimate of drug-likeness (QED) is 0.508. The number of hydrogen-bond donors (Lipinski definition) is 0. The van der Waals surface area contributed by atoms with Crippen LogP contribution in [0.15, 0.2) is 6.08 Å². The highest BCUT2D eigenvalue weighted by Gasteiger charge is 2.07. The zero-order valence-corrected chi connectivity index (χ0v) is 5.06. The van der Waals surface area contributed by atoms with Gasteiger partial charge in [-0.15, -0.1) is 0 Å². The van der Waals surface area contributed by atoms with Crippen LogP contribution in [-0.4, -0.2) is 12.7 Å². The molecule has 0 unspecified atom stereocenters. The molecule has 0 aliphatic heterocycles. The van der Waals surface area contributed by atoms with Gasteiger partial charge in [-0.25, -0.2) is 0 Å². The van der Waals surface area contributed by atoms with Crippen LogP contribution < -0.4 is 0 Å². The molecule has 0 aliphatic rings. The predicted octanol–water partition coefficient (Wildman–Crippen LogP) is 1.40. The van der Waals surface area contributed by atoms with Crippen molar-refractivity contribution in [2.45, 2.75) is 19.4 Å². The molecule has 0 atom stereocenters. The van der Waals surface area contributed by atoms with E-state index in [0.717, 1.165) is 0 Å². The highest BCUT2D eigenvalue weighted by molar-refractivity contribution is 4.86. The number of hydrogen-bond acceptors (Lipinski definition) is 1. The van der Waals surface area contributed by atoms with Crippen LogP contribution in [0.3, 0.4) is 0 Å². The summed E-state index contributed by atoms with van der Waals surface area (Å²) in [6, 6.07) is 0. The highest BCUT2D eigenvalue weighted by atomic mass is 16.5. The van der Waals surface area contributed by atoms with Crippen LogP contribution in [0.4, 0.5) is 0 Å². The van der Waals surface area contributed by atoms with Crippen molar-refractivity contribution in [3.05, 3.63) is 12.7 Å².